The Morgan fingerprint density at radius 2 is 2.19 bits per heavy atom. The monoisotopic (exact) mass is 429 g/mol. The van der Waals surface area contributed by atoms with Gasteiger partial charge in [-0.2, -0.15) is 5.10 Å². The Morgan fingerprint density at radius 1 is 1.28 bits per heavy atom. The average Bonchev–Trinajstić information content (AvgIpc) is 3.47. The van der Waals surface area contributed by atoms with E-state index in [9.17, 15) is 4.79 Å². The highest BCUT2D eigenvalue weighted by Gasteiger charge is 2.33. The Labute approximate surface area is 184 Å². The number of anilines is 2. The number of hydrogen-bond donors (Lipinski definition) is 2. The fourth-order valence-corrected chi connectivity index (χ4v) is 4.59. The van der Waals surface area contributed by atoms with Crippen LogP contribution >= 0.6 is 0 Å². The average molecular weight is 429 g/mol. The molecule has 2 N–H and O–H groups in total. The first kappa shape index (κ1) is 18.9. The number of benzene rings is 1. The van der Waals surface area contributed by atoms with Crippen LogP contribution in [-0.2, 0) is 19.4 Å². The number of aromatic nitrogens is 5. The third-order valence-corrected chi connectivity index (χ3v) is 6.07. The minimum Gasteiger partial charge on any atom is -0.487 e. The number of ether oxygens (including phenoxy) is 1. The number of nitrogens with zero attached hydrogens (tertiary/aromatic N) is 5. The molecule has 4 aromatic rings. The molecule has 0 fully saturated rings. The summed E-state index contributed by atoms with van der Waals surface area (Å²) in [5, 5.41) is 7.36. The Hall–Kier alpha value is -3.88. The molecule has 0 bridgehead atoms. The molecule has 0 unspecified atom stereocenters. The van der Waals surface area contributed by atoms with Crippen molar-refractivity contribution in [2.24, 2.45) is 0 Å². The molecule has 162 valence electrons. The topological polar surface area (TPSA) is 100 Å². The molecule has 0 radical (unpaired) electrons. The lowest BCUT2D eigenvalue weighted by atomic mass is 10.00. The molecule has 9 nitrogen and oxygen atoms in total. The number of H-pyrrole nitrogens is 1. The number of imidazole rings is 1. The van der Waals surface area contributed by atoms with Crippen molar-refractivity contribution in [3.63, 3.8) is 0 Å². The summed E-state index contributed by atoms with van der Waals surface area (Å²) >= 11 is 0. The van der Waals surface area contributed by atoms with Gasteiger partial charge in [-0.05, 0) is 26.0 Å². The van der Waals surface area contributed by atoms with Crippen LogP contribution in [0.3, 0.4) is 0 Å². The van der Waals surface area contributed by atoms with E-state index < -0.39 is 0 Å². The van der Waals surface area contributed by atoms with Gasteiger partial charge in [-0.1, -0.05) is 0 Å². The SMILES string of the molecule is CC1(C)Cc2cc(NC(=O)c3cnn4cccnc34)c(N3CCc4[nH]cnc4C3)cc2O1. The molecule has 0 spiro atoms. The first-order valence-electron chi connectivity index (χ1n) is 10.7. The molecule has 0 aliphatic carbocycles. The Balaban J connectivity index is 1.39. The Bertz CT molecular complexity index is 1350. The lowest BCUT2D eigenvalue weighted by Gasteiger charge is -2.30. The molecule has 1 amide bonds. The van der Waals surface area contributed by atoms with Crippen molar-refractivity contribution in [1.29, 1.82) is 0 Å². The second-order valence-electron chi connectivity index (χ2n) is 8.92. The summed E-state index contributed by atoms with van der Waals surface area (Å²) in [4.78, 5) is 27.5. The second kappa shape index (κ2) is 6.81. The number of carbonyl (C=O) groups excluding carboxylic acids is 1. The quantitative estimate of drug-likeness (QED) is 0.519. The standard InChI is InChI=1S/C23H23N7O2/c1-23(2)10-14-8-17(28-22(31)15-11-27-30-6-3-5-24-21(15)30)19(9-20(14)32-23)29-7-4-16-18(12-29)26-13-25-16/h3,5-6,8-9,11,13H,4,7,10,12H2,1-2H3,(H,25,26)(H,28,31). The van der Waals surface area contributed by atoms with E-state index in [2.05, 4.69) is 44.1 Å². The Kier molecular flexibility index (Phi) is 4.01. The molecule has 2 aliphatic heterocycles. The first-order valence-corrected chi connectivity index (χ1v) is 10.7. The maximum absolute atomic E-state index is 13.2. The summed E-state index contributed by atoms with van der Waals surface area (Å²) in [5.41, 5.74) is 5.65. The van der Waals surface area contributed by atoms with E-state index in [4.69, 9.17) is 4.74 Å². The molecular formula is C23H23N7O2. The summed E-state index contributed by atoms with van der Waals surface area (Å²) in [6, 6.07) is 5.86. The third-order valence-electron chi connectivity index (χ3n) is 6.07. The highest BCUT2D eigenvalue weighted by molar-refractivity contribution is 6.09. The number of carbonyl (C=O) groups is 1. The lowest BCUT2D eigenvalue weighted by Crippen LogP contribution is -2.31. The van der Waals surface area contributed by atoms with Gasteiger partial charge in [0.25, 0.3) is 5.91 Å². The van der Waals surface area contributed by atoms with E-state index in [-0.39, 0.29) is 11.5 Å². The lowest BCUT2D eigenvalue weighted by molar-refractivity contribution is 0.102. The zero-order valence-electron chi connectivity index (χ0n) is 17.9. The van der Waals surface area contributed by atoms with Crippen molar-refractivity contribution in [3.05, 3.63) is 65.6 Å². The van der Waals surface area contributed by atoms with E-state index in [1.807, 2.05) is 12.1 Å². The zero-order valence-corrected chi connectivity index (χ0v) is 17.9. The zero-order chi connectivity index (χ0) is 21.9. The van der Waals surface area contributed by atoms with Crippen LogP contribution in [0.4, 0.5) is 11.4 Å². The third kappa shape index (κ3) is 3.08. The molecule has 2 aliphatic rings. The molecule has 0 saturated heterocycles. The van der Waals surface area contributed by atoms with Gasteiger partial charge in [0.1, 0.15) is 16.9 Å². The van der Waals surface area contributed by atoms with E-state index in [0.717, 1.165) is 47.8 Å². The van der Waals surface area contributed by atoms with Gasteiger partial charge in [0.15, 0.2) is 5.65 Å². The molecule has 5 heterocycles. The van der Waals surface area contributed by atoms with E-state index in [1.54, 1.807) is 35.5 Å². The van der Waals surface area contributed by atoms with Crippen LogP contribution in [0.1, 0.15) is 41.2 Å². The Morgan fingerprint density at radius 3 is 3.09 bits per heavy atom. The fraction of sp³-hybridized carbons (Fsp3) is 0.304. The molecule has 3 aromatic heterocycles. The van der Waals surface area contributed by atoms with Crippen molar-refractivity contribution < 1.29 is 9.53 Å². The number of nitrogens with one attached hydrogen (secondary N) is 2. The van der Waals surface area contributed by atoms with E-state index in [1.165, 1.54) is 5.69 Å². The number of amides is 1. The molecule has 32 heavy (non-hydrogen) atoms. The summed E-state index contributed by atoms with van der Waals surface area (Å²) in [5.74, 6) is 0.629. The number of fused-ring (bicyclic) bond motifs is 3. The molecule has 6 rings (SSSR count). The van der Waals surface area contributed by atoms with Gasteiger partial charge in [0, 0.05) is 49.1 Å². The predicted molar refractivity (Wildman–Crippen MR) is 119 cm³/mol. The smallest absolute Gasteiger partial charge is 0.261 e. The maximum atomic E-state index is 13.2. The minimum absolute atomic E-state index is 0.240. The minimum atomic E-state index is -0.272. The van der Waals surface area contributed by atoms with Gasteiger partial charge in [-0.3, -0.25) is 4.79 Å². The first-order chi connectivity index (χ1) is 15.5. The predicted octanol–water partition coefficient (Wildman–Crippen LogP) is 2.98. The van der Waals surface area contributed by atoms with Crippen LogP contribution in [0.15, 0.2) is 43.1 Å². The second-order valence-corrected chi connectivity index (χ2v) is 8.92. The number of rotatable bonds is 3. The van der Waals surface area contributed by atoms with Crippen LogP contribution in [0.5, 0.6) is 5.75 Å². The molecule has 0 saturated carbocycles. The van der Waals surface area contributed by atoms with Crippen LogP contribution in [0.25, 0.3) is 5.65 Å². The summed E-state index contributed by atoms with van der Waals surface area (Å²) in [6.07, 6.45) is 8.37. The van der Waals surface area contributed by atoms with Crippen LogP contribution < -0.4 is 15.0 Å². The molecular weight excluding hydrogens is 406 g/mol. The number of hydrogen-bond acceptors (Lipinski definition) is 6. The van der Waals surface area contributed by atoms with E-state index >= 15 is 0 Å². The van der Waals surface area contributed by atoms with Gasteiger partial charge < -0.3 is 19.9 Å². The largest absolute Gasteiger partial charge is 0.487 e. The fourth-order valence-electron chi connectivity index (χ4n) is 4.59. The van der Waals surface area contributed by atoms with Crippen LogP contribution in [0, 0.1) is 0 Å². The van der Waals surface area contributed by atoms with Crippen LogP contribution in [-0.4, -0.2) is 42.6 Å². The van der Waals surface area contributed by atoms with Gasteiger partial charge in [0.2, 0.25) is 0 Å². The summed E-state index contributed by atoms with van der Waals surface area (Å²) in [7, 11) is 0. The summed E-state index contributed by atoms with van der Waals surface area (Å²) in [6.45, 7) is 5.64. The highest BCUT2D eigenvalue weighted by atomic mass is 16.5. The van der Waals surface area contributed by atoms with Gasteiger partial charge >= 0.3 is 0 Å². The normalized spacial score (nSPS) is 16.5. The molecule has 0 atom stereocenters. The summed E-state index contributed by atoms with van der Waals surface area (Å²) < 4.78 is 7.78. The van der Waals surface area contributed by atoms with Crippen molar-refractivity contribution >= 4 is 22.9 Å². The van der Waals surface area contributed by atoms with Gasteiger partial charge in [-0.15, -0.1) is 0 Å². The molecule has 9 heteroatoms. The van der Waals surface area contributed by atoms with Crippen molar-refractivity contribution in [2.75, 3.05) is 16.8 Å². The molecule has 1 aromatic carbocycles. The van der Waals surface area contributed by atoms with Crippen LogP contribution in [0.2, 0.25) is 0 Å². The van der Waals surface area contributed by atoms with Crippen molar-refractivity contribution in [3.8, 4) is 5.75 Å². The van der Waals surface area contributed by atoms with Crippen molar-refractivity contribution in [1.82, 2.24) is 24.6 Å². The maximum Gasteiger partial charge on any atom is 0.261 e. The highest BCUT2D eigenvalue weighted by Crippen LogP contribution is 2.42. The van der Waals surface area contributed by atoms with Gasteiger partial charge in [-0.25, -0.2) is 14.5 Å². The van der Waals surface area contributed by atoms with Gasteiger partial charge in [0.05, 0.1) is 36.1 Å². The van der Waals surface area contributed by atoms with E-state index in [0.29, 0.717) is 17.8 Å². The number of aromatic amines is 1. The van der Waals surface area contributed by atoms with Crippen molar-refractivity contribution in [2.45, 2.75) is 38.8 Å².